The minimum Gasteiger partial charge on any atom is -1.00 e. The molecule has 13 heavy (non-hydrogen) atoms. The fourth-order valence-electron chi connectivity index (χ4n) is 0.671. The highest BCUT2D eigenvalue weighted by Gasteiger charge is 2.10. The molecule has 0 bridgehead atoms. The lowest BCUT2D eigenvalue weighted by molar-refractivity contribution is -0.904. The van der Waals surface area contributed by atoms with E-state index in [-0.39, 0.29) is 4.70 Å². The highest BCUT2D eigenvalue weighted by molar-refractivity contribution is 6.33. The molecule has 0 rings (SSSR count). The molecule has 0 aliphatic carbocycles. The van der Waals surface area contributed by atoms with Crippen molar-refractivity contribution in [2.45, 2.75) is 20.8 Å². The van der Waals surface area contributed by atoms with Gasteiger partial charge in [-0.05, 0) is 20.8 Å². The first-order chi connectivity index (χ1) is 5.41. The zero-order valence-corrected chi connectivity index (χ0v) is 8.66. The molecule has 82 valence electrons. The molecule has 0 aliphatic heterocycles. The summed E-state index contributed by atoms with van der Waals surface area (Å²) in [5, 5.41) is 0. The average molecular weight is 203 g/mol. The number of halogens is 4. The van der Waals surface area contributed by atoms with E-state index in [0.29, 0.717) is 0 Å². The van der Waals surface area contributed by atoms with Crippen molar-refractivity contribution in [2.24, 2.45) is 0 Å². The first kappa shape index (κ1) is 18.5. The quantitative estimate of drug-likeness (QED) is 0.325. The van der Waals surface area contributed by atoms with Gasteiger partial charge >= 0.3 is 7.54 Å². The number of nitrogens with zero attached hydrogens (tertiary/aromatic N) is 1. The Hall–Kier alpha value is -0.255. The maximum atomic E-state index is 9.67. The number of quaternary nitrogens is 1. The molecule has 0 aromatic rings. The van der Waals surface area contributed by atoms with Gasteiger partial charge in [0.15, 0.2) is 0 Å². The zero-order valence-electron chi connectivity index (χ0n) is 8.66. The van der Waals surface area contributed by atoms with Crippen molar-refractivity contribution in [2.75, 3.05) is 26.7 Å². The van der Waals surface area contributed by atoms with Crippen molar-refractivity contribution in [1.29, 1.82) is 0 Å². The van der Waals surface area contributed by atoms with Crippen LogP contribution in [0.5, 0.6) is 0 Å². The van der Waals surface area contributed by atoms with Gasteiger partial charge in [0.1, 0.15) is 0 Å². The van der Waals surface area contributed by atoms with Crippen LogP contribution in [0.2, 0.25) is 0 Å². The van der Waals surface area contributed by atoms with Crippen molar-refractivity contribution in [3.63, 3.8) is 0 Å². The van der Waals surface area contributed by atoms with Crippen LogP contribution in [0.15, 0.2) is 0 Å². The monoisotopic (exact) mass is 203 g/mol. The van der Waals surface area contributed by atoms with E-state index in [0.717, 1.165) is 0 Å². The Labute approximate surface area is 78.1 Å². The van der Waals surface area contributed by atoms with Crippen molar-refractivity contribution < 1.29 is 22.1 Å². The summed E-state index contributed by atoms with van der Waals surface area (Å²) in [5.41, 5.74) is 0. The molecule has 0 atom stereocenters. The highest BCUT2D eigenvalue weighted by atomic mass is 19.4. The van der Waals surface area contributed by atoms with E-state index in [1.165, 1.54) is 24.1 Å². The van der Waals surface area contributed by atoms with Gasteiger partial charge in [0.2, 0.25) is 0 Å². The summed E-state index contributed by atoms with van der Waals surface area (Å²) in [5.74, 6) is 0. The zero-order chi connectivity index (χ0) is 10.2. The Kier molecular flexibility index (Phi) is 14.0. The standard InChI is InChI=1S/C7H18N.BF3.FH/c1-5-8(4,6-2)7-3;2-1(3)4;/h5-7H2,1-4H3;;1H/q+1;;/p-1. The molecule has 0 aromatic heterocycles. The molecular weight excluding hydrogens is 185 g/mol. The van der Waals surface area contributed by atoms with Crippen molar-refractivity contribution >= 4 is 7.54 Å². The summed E-state index contributed by atoms with van der Waals surface area (Å²) in [6.45, 7) is 10.5. The first-order valence-electron chi connectivity index (χ1n) is 4.17. The van der Waals surface area contributed by atoms with Gasteiger partial charge in [-0.25, -0.2) is 0 Å². The summed E-state index contributed by atoms with van der Waals surface area (Å²) < 4.78 is 30.2. The van der Waals surface area contributed by atoms with E-state index in [4.69, 9.17) is 0 Å². The van der Waals surface area contributed by atoms with E-state index >= 15 is 0 Å². The third kappa shape index (κ3) is 14.6. The molecule has 6 heteroatoms. The molecule has 0 saturated heterocycles. The minimum atomic E-state index is -3.67. The molecular formula is C7H18BF4N. The Balaban J connectivity index is -0.000000173. The lowest BCUT2D eigenvalue weighted by Gasteiger charge is -2.30. The van der Waals surface area contributed by atoms with Gasteiger partial charge in [0.05, 0.1) is 26.7 Å². The number of hydrogen-bond acceptors (Lipinski definition) is 0. The largest absolute Gasteiger partial charge is 1.00 e. The van der Waals surface area contributed by atoms with Crippen LogP contribution < -0.4 is 4.70 Å². The molecule has 0 aliphatic rings. The molecule has 0 heterocycles. The highest BCUT2D eigenvalue weighted by Crippen LogP contribution is 1.97. The Bertz CT molecular complexity index is 87.5. The van der Waals surface area contributed by atoms with Crippen molar-refractivity contribution in [3.05, 3.63) is 0 Å². The maximum Gasteiger partial charge on any atom is 0.762 e. The second-order valence-electron chi connectivity index (χ2n) is 2.82. The Morgan fingerprint density at radius 2 is 1.08 bits per heavy atom. The molecule has 0 N–H and O–H groups in total. The topological polar surface area (TPSA) is 0 Å². The second kappa shape index (κ2) is 9.83. The lowest BCUT2D eigenvalue weighted by Crippen LogP contribution is -3.00. The van der Waals surface area contributed by atoms with Gasteiger partial charge in [-0.15, -0.1) is 0 Å². The summed E-state index contributed by atoms with van der Waals surface area (Å²) >= 11 is 0. The van der Waals surface area contributed by atoms with Crippen LogP contribution in [-0.4, -0.2) is 38.7 Å². The molecule has 0 fully saturated rings. The van der Waals surface area contributed by atoms with E-state index < -0.39 is 7.54 Å². The van der Waals surface area contributed by atoms with Crippen molar-refractivity contribution in [1.82, 2.24) is 0 Å². The van der Waals surface area contributed by atoms with Crippen molar-refractivity contribution in [3.8, 4) is 0 Å². The maximum absolute atomic E-state index is 9.67. The van der Waals surface area contributed by atoms with Crippen LogP contribution in [0.4, 0.5) is 12.9 Å². The van der Waals surface area contributed by atoms with E-state index in [1.54, 1.807) is 0 Å². The van der Waals surface area contributed by atoms with Gasteiger partial charge in [0.25, 0.3) is 0 Å². The third-order valence-electron chi connectivity index (χ3n) is 2.29. The predicted octanol–water partition coefficient (Wildman–Crippen LogP) is -0.623. The van der Waals surface area contributed by atoms with E-state index in [2.05, 4.69) is 27.8 Å². The number of rotatable bonds is 3. The van der Waals surface area contributed by atoms with Gasteiger partial charge < -0.3 is 9.19 Å². The van der Waals surface area contributed by atoms with Crippen LogP contribution >= 0.6 is 0 Å². The van der Waals surface area contributed by atoms with Gasteiger partial charge in [0, 0.05) is 0 Å². The fraction of sp³-hybridized carbons (Fsp3) is 1.00. The fourth-order valence-corrected chi connectivity index (χ4v) is 0.671. The summed E-state index contributed by atoms with van der Waals surface area (Å²) in [6, 6.07) is 0. The molecule has 0 saturated carbocycles. The van der Waals surface area contributed by atoms with E-state index in [9.17, 15) is 12.9 Å². The van der Waals surface area contributed by atoms with Crippen LogP contribution in [0.3, 0.4) is 0 Å². The first-order valence-corrected chi connectivity index (χ1v) is 4.17. The summed E-state index contributed by atoms with van der Waals surface area (Å²) in [7, 11) is -1.38. The van der Waals surface area contributed by atoms with Gasteiger partial charge in [-0.2, -0.15) is 0 Å². The Morgan fingerprint density at radius 1 is 0.923 bits per heavy atom. The van der Waals surface area contributed by atoms with E-state index in [1.807, 2.05) is 0 Å². The average Bonchev–Trinajstić information content (AvgIpc) is 2.02. The summed E-state index contributed by atoms with van der Waals surface area (Å²) in [4.78, 5) is 0. The lowest BCUT2D eigenvalue weighted by atomic mass is 10.4. The normalized spacial score (nSPS) is 9.46. The SMILES string of the molecule is CC[N+](C)(CC)CC.FB(F)F.[F-]. The van der Waals surface area contributed by atoms with Crippen LogP contribution in [0, 0.1) is 0 Å². The minimum absolute atomic E-state index is 0. The smallest absolute Gasteiger partial charge is 0.762 e. The van der Waals surface area contributed by atoms with Crippen LogP contribution in [-0.2, 0) is 0 Å². The number of hydrogen-bond donors (Lipinski definition) is 0. The van der Waals surface area contributed by atoms with Gasteiger partial charge in [-0.1, -0.05) is 0 Å². The predicted molar refractivity (Wildman–Crippen MR) is 46.9 cm³/mol. The molecule has 0 radical (unpaired) electrons. The van der Waals surface area contributed by atoms with Crippen LogP contribution in [0.25, 0.3) is 0 Å². The molecule has 0 amide bonds. The molecule has 1 nitrogen and oxygen atoms in total. The molecule has 0 unspecified atom stereocenters. The summed E-state index contributed by atoms with van der Waals surface area (Å²) in [6.07, 6.45) is 0. The second-order valence-corrected chi connectivity index (χ2v) is 2.82. The third-order valence-corrected chi connectivity index (χ3v) is 2.29. The van der Waals surface area contributed by atoms with Crippen LogP contribution in [0.1, 0.15) is 20.8 Å². The van der Waals surface area contributed by atoms with Gasteiger partial charge in [-0.3, -0.25) is 12.9 Å². The Morgan fingerprint density at radius 3 is 1.08 bits per heavy atom. The molecule has 0 aromatic carbocycles. The molecule has 0 spiro atoms.